The molecule has 17 rings (SSSR count). The average Bonchev–Trinajstić information content (AvgIpc) is 1.69. The SMILES string of the molecule is CC(C)(C)c1ccc2cc(C#N)[nH]c2c1.CC(C)(C)c1ccc2cc(C(C)(C)C)[nH]c2c1.CC(C)(C)c1ccc2ccn(Cc3ccccc3)c2c1.CCC(C)c1c[nH]c2cc(C(C)(C)C)ccc12.CCOC(=O)c1c(C(C)(C)C)ccc2cc[nH]c12.CCOC(=O)c1cc(C(C)(C)C)cc2[nH]ccc12.Cc1cc2ccc(C(C)(C)C)cc2[nH]1.Cn1ccc2ccc(C(C)(C)C)cc21. The number of ether oxygens (including phenoxy) is 2. The maximum absolute atomic E-state index is 12.2. The molecule has 8 heterocycles. The molecule has 1 unspecified atom stereocenters. The fraction of sp³-hybridized carbons (Fsp3) is 0.392. The minimum Gasteiger partial charge on any atom is -0.462 e. The second-order valence-electron chi connectivity index (χ2n) is 45.1. The molecule has 0 saturated carbocycles. The lowest BCUT2D eigenvalue weighted by atomic mass is 9.83. The second-order valence-corrected chi connectivity index (χ2v) is 45.1. The van der Waals surface area contributed by atoms with Crippen LogP contribution in [0.2, 0.25) is 0 Å². The maximum Gasteiger partial charge on any atom is 0.340 e. The Morgan fingerprint density at radius 3 is 1.35 bits per heavy atom. The molecule has 8 aromatic heterocycles. The first-order valence-electron chi connectivity index (χ1n) is 47.6. The molecule has 13 heteroatoms. The van der Waals surface area contributed by atoms with E-state index in [1.807, 2.05) is 62.6 Å². The first-order valence-corrected chi connectivity index (χ1v) is 47.6. The maximum atomic E-state index is 12.2. The Kier molecular flexibility index (Phi) is 32.1. The molecule has 0 aliphatic heterocycles. The Morgan fingerprint density at radius 1 is 0.391 bits per heavy atom. The van der Waals surface area contributed by atoms with Gasteiger partial charge in [-0.3, -0.25) is 0 Å². The van der Waals surface area contributed by atoms with Crippen molar-refractivity contribution >= 4 is 99.2 Å². The summed E-state index contributed by atoms with van der Waals surface area (Å²) in [5, 5.41) is 18.5. The number of fused-ring (bicyclic) bond motifs is 8. The van der Waals surface area contributed by atoms with Crippen molar-refractivity contribution in [3.05, 3.63) is 321 Å². The molecule has 133 heavy (non-hydrogen) atoms. The van der Waals surface area contributed by atoms with Crippen LogP contribution in [0, 0.1) is 18.3 Å². The first-order chi connectivity index (χ1) is 62.0. The number of aryl methyl sites for hydroxylation is 2. The molecule has 0 bridgehead atoms. The van der Waals surface area contributed by atoms with Gasteiger partial charge < -0.3 is 48.5 Å². The molecule has 0 radical (unpaired) electrons. The van der Waals surface area contributed by atoms with Crippen molar-refractivity contribution < 1.29 is 19.1 Å². The highest BCUT2D eigenvalue weighted by atomic mass is 16.5. The van der Waals surface area contributed by atoms with Crippen LogP contribution >= 0.6 is 0 Å². The van der Waals surface area contributed by atoms with Crippen molar-refractivity contribution in [2.24, 2.45) is 7.05 Å². The number of hydrogen-bond acceptors (Lipinski definition) is 5. The standard InChI is InChI=1S/C19H21N.2C16H23N.2C15H19NO2.C13H14N2.2C13H17N/c1-19(2,3)17-10-9-16-11-12-20(18(16)13-17)14-15-7-5-4-6-8-15;1-15(2,3)12-8-7-11-9-14(16(4,5)6)17-13(11)10-12;1-6-11(2)14-10-17-15-9-12(16(3,4)5)7-8-13(14)15;1-5-18-14(17)12-8-10(15(2,3)4)9-13-11(12)6-7-16-13;1-5-18-14(17)12-11(15(2,3)4)7-6-10-8-9-16-13(10)12;1-13(2,3)10-5-4-9-6-11(8-14)15-12(9)7-10;1-9-7-10-5-6-11(13(2,3)4)8-12(10)14-9;1-13(2,3)11-6-5-10-7-8-14(4)12(10)9-11/h4-13H,14H2,1-3H3;7-10,17H,1-6H3;7-11,17H,6H2,1-5H3;2*6-9,16H,5H2,1-4H3;4-7,15H,1-3H3;5-8,14H,1-4H3;5-9H,1-4H3. The topological polar surface area (TPSA) is 181 Å². The van der Waals surface area contributed by atoms with Crippen molar-refractivity contribution in [1.29, 1.82) is 5.26 Å². The molecule has 0 aliphatic rings. The largest absolute Gasteiger partial charge is 0.462 e. The Balaban J connectivity index is 0.000000158. The van der Waals surface area contributed by atoms with Crippen LogP contribution in [0.3, 0.4) is 0 Å². The summed E-state index contributed by atoms with van der Waals surface area (Å²) in [6.07, 6.45) is 11.3. The third kappa shape index (κ3) is 26.6. The number of carbonyl (C=O) groups excluding carboxylic acids is 2. The van der Waals surface area contributed by atoms with Crippen molar-refractivity contribution in [3.8, 4) is 6.07 Å². The summed E-state index contributed by atoms with van der Waals surface area (Å²) in [5.74, 6) is 0.118. The van der Waals surface area contributed by atoms with E-state index in [4.69, 9.17) is 14.7 Å². The predicted molar refractivity (Wildman–Crippen MR) is 569 cm³/mol. The van der Waals surface area contributed by atoms with Gasteiger partial charge in [-0.15, -0.1) is 0 Å². The zero-order chi connectivity index (χ0) is 98.1. The molecule has 0 aliphatic carbocycles. The molecule has 0 spiro atoms. The number of benzene rings is 9. The number of carbonyl (C=O) groups is 2. The fourth-order valence-corrected chi connectivity index (χ4v) is 16.1. The van der Waals surface area contributed by atoms with E-state index in [0.717, 1.165) is 50.4 Å². The number of nitrogens with one attached hydrogen (secondary N) is 6. The van der Waals surface area contributed by atoms with Gasteiger partial charge >= 0.3 is 11.9 Å². The summed E-state index contributed by atoms with van der Waals surface area (Å²) >= 11 is 0. The molecular weight excluding hydrogens is 1630 g/mol. The number of esters is 2. The van der Waals surface area contributed by atoms with Gasteiger partial charge in [0.25, 0.3) is 0 Å². The zero-order valence-corrected chi connectivity index (χ0v) is 86.4. The minimum atomic E-state index is -0.256. The molecule has 6 N–H and O–H groups in total. The lowest BCUT2D eigenvalue weighted by Gasteiger charge is -2.22. The van der Waals surface area contributed by atoms with E-state index in [0.29, 0.717) is 36.0 Å². The van der Waals surface area contributed by atoms with Gasteiger partial charge in [-0.25, -0.2) is 9.59 Å². The number of aromatic amines is 6. The molecule has 0 saturated heterocycles. The third-order valence-corrected chi connectivity index (χ3v) is 24.9. The molecule has 1 atom stereocenters. The Morgan fingerprint density at radius 2 is 0.835 bits per heavy atom. The number of nitrogens with zero attached hydrogens (tertiary/aromatic N) is 3. The summed E-state index contributed by atoms with van der Waals surface area (Å²) in [6, 6.07) is 75.5. The Labute approximate surface area is 794 Å². The lowest BCUT2D eigenvalue weighted by Crippen LogP contribution is -2.18. The van der Waals surface area contributed by atoms with E-state index in [1.165, 1.54) is 117 Å². The Hall–Kier alpha value is -12.3. The normalized spacial score (nSPS) is 12.4. The van der Waals surface area contributed by atoms with E-state index in [9.17, 15) is 9.59 Å². The summed E-state index contributed by atoms with van der Waals surface area (Å²) in [6.45, 7) is 71.7. The van der Waals surface area contributed by atoms with Crippen LogP contribution in [-0.2, 0) is 71.8 Å². The smallest absolute Gasteiger partial charge is 0.340 e. The van der Waals surface area contributed by atoms with E-state index >= 15 is 0 Å². The van der Waals surface area contributed by atoms with Crippen LogP contribution in [0.1, 0.15) is 320 Å². The third-order valence-electron chi connectivity index (χ3n) is 24.9. The molecule has 13 nitrogen and oxygen atoms in total. The number of H-pyrrole nitrogens is 6. The van der Waals surface area contributed by atoms with Crippen LogP contribution in [0.25, 0.3) is 87.2 Å². The van der Waals surface area contributed by atoms with E-state index in [2.05, 4.69) is 448 Å². The van der Waals surface area contributed by atoms with E-state index in [-0.39, 0.29) is 60.7 Å². The molecular formula is C120H153N9O4. The average molecular weight is 1790 g/mol. The van der Waals surface area contributed by atoms with Gasteiger partial charge in [0.1, 0.15) is 11.8 Å². The number of nitriles is 1. The van der Waals surface area contributed by atoms with Crippen molar-refractivity contribution in [2.75, 3.05) is 13.2 Å². The summed E-state index contributed by atoms with van der Waals surface area (Å²) in [4.78, 5) is 43.9. The van der Waals surface area contributed by atoms with Crippen molar-refractivity contribution in [1.82, 2.24) is 39.0 Å². The summed E-state index contributed by atoms with van der Waals surface area (Å²) in [5.41, 5.74) is 28.2. The quantitative estimate of drug-likeness (QED) is 0.0827. The highest BCUT2D eigenvalue weighted by Gasteiger charge is 2.28. The Bertz CT molecular complexity index is 6820. The summed E-state index contributed by atoms with van der Waals surface area (Å²) in [7, 11) is 2.09. The molecule has 0 fully saturated rings. The number of hydrogen-bond donors (Lipinski definition) is 6. The van der Waals surface area contributed by atoms with Gasteiger partial charge in [-0.2, -0.15) is 5.26 Å². The second kappa shape index (κ2) is 41.5. The highest BCUT2D eigenvalue weighted by molar-refractivity contribution is 6.05. The van der Waals surface area contributed by atoms with Crippen LogP contribution < -0.4 is 0 Å². The monoisotopic (exact) mass is 1780 g/mol. The minimum absolute atomic E-state index is 0.000540. The molecule has 17 aromatic rings. The molecule has 0 amide bonds. The van der Waals surface area contributed by atoms with Gasteiger partial charge in [-0.1, -0.05) is 316 Å². The molecule has 702 valence electrons. The van der Waals surface area contributed by atoms with Crippen LogP contribution in [0.15, 0.2) is 237 Å². The fourth-order valence-electron chi connectivity index (χ4n) is 16.1. The summed E-state index contributed by atoms with van der Waals surface area (Å²) < 4.78 is 14.8. The van der Waals surface area contributed by atoms with Gasteiger partial charge in [-0.05, 0) is 245 Å². The van der Waals surface area contributed by atoms with Gasteiger partial charge in [0.05, 0.1) is 29.9 Å². The lowest BCUT2D eigenvalue weighted by molar-refractivity contribution is 0.0517. The van der Waals surface area contributed by atoms with Gasteiger partial charge in [0, 0.05) is 122 Å². The van der Waals surface area contributed by atoms with E-state index in [1.54, 1.807) is 0 Å². The van der Waals surface area contributed by atoms with Crippen LogP contribution in [-0.4, -0.2) is 64.2 Å². The predicted octanol–water partition coefficient (Wildman–Crippen LogP) is 32.6. The van der Waals surface area contributed by atoms with Crippen molar-refractivity contribution in [3.63, 3.8) is 0 Å². The van der Waals surface area contributed by atoms with E-state index < -0.39 is 0 Å². The zero-order valence-electron chi connectivity index (χ0n) is 86.4. The number of aromatic nitrogens is 8. The number of rotatable bonds is 8. The van der Waals surface area contributed by atoms with Crippen LogP contribution in [0.4, 0.5) is 0 Å². The van der Waals surface area contributed by atoms with Gasteiger partial charge in [0.15, 0.2) is 0 Å². The van der Waals surface area contributed by atoms with Crippen molar-refractivity contribution in [2.45, 2.75) is 289 Å². The first kappa shape index (κ1) is 103. The highest BCUT2D eigenvalue weighted by Crippen LogP contribution is 2.38. The van der Waals surface area contributed by atoms with Gasteiger partial charge in [0.2, 0.25) is 0 Å². The van der Waals surface area contributed by atoms with Crippen LogP contribution in [0.5, 0.6) is 0 Å². The molecule has 9 aromatic carbocycles.